The summed E-state index contributed by atoms with van der Waals surface area (Å²) in [4.78, 5) is 11.4. The Morgan fingerprint density at radius 1 is 1.22 bits per heavy atom. The van der Waals surface area contributed by atoms with Gasteiger partial charge < -0.3 is 5.11 Å². The van der Waals surface area contributed by atoms with E-state index in [1.54, 1.807) is 0 Å². The van der Waals surface area contributed by atoms with Crippen molar-refractivity contribution < 1.29 is 9.90 Å². The molecule has 18 heavy (non-hydrogen) atoms. The zero-order valence-corrected chi connectivity index (χ0v) is 10.5. The molecule has 0 aliphatic heterocycles. The minimum absolute atomic E-state index is 0.190. The molecule has 2 rings (SSSR count). The molecule has 1 aliphatic rings. The van der Waals surface area contributed by atoms with Gasteiger partial charge in [0.15, 0.2) is 0 Å². The average Bonchev–Trinajstić information content (AvgIpc) is 2.41. The summed E-state index contributed by atoms with van der Waals surface area (Å²) < 4.78 is 0. The summed E-state index contributed by atoms with van der Waals surface area (Å²) >= 11 is 0. The third kappa shape index (κ3) is 2.37. The van der Waals surface area contributed by atoms with Crippen molar-refractivity contribution in [1.82, 2.24) is 0 Å². The van der Waals surface area contributed by atoms with Gasteiger partial charge in [-0.15, -0.1) is 0 Å². The molecule has 1 aromatic carbocycles. The first kappa shape index (κ1) is 12.6. The number of hydrogen-bond acceptors (Lipinski definition) is 1. The van der Waals surface area contributed by atoms with Crippen LogP contribution in [0, 0.1) is 5.41 Å². The van der Waals surface area contributed by atoms with E-state index >= 15 is 0 Å². The fraction of sp³-hybridized carbons (Fsp3) is 0.312. The number of aliphatic carboxylic acids is 1. The van der Waals surface area contributed by atoms with Crippen LogP contribution < -0.4 is 0 Å². The first-order valence-corrected chi connectivity index (χ1v) is 6.35. The number of benzene rings is 1. The molecule has 0 atom stereocenters. The highest BCUT2D eigenvalue weighted by Gasteiger charge is 2.34. The second kappa shape index (κ2) is 5.21. The number of hydrogen-bond donors (Lipinski definition) is 1. The molecule has 0 fully saturated rings. The molecule has 0 saturated heterocycles. The predicted molar refractivity (Wildman–Crippen MR) is 72.4 cm³/mol. The van der Waals surface area contributed by atoms with Gasteiger partial charge in [-0.05, 0) is 12.0 Å². The molecule has 2 heteroatoms. The molecule has 0 saturated carbocycles. The van der Waals surface area contributed by atoms with Crippen molar-refractivity contribution in [2.45, 2.75) is 25.7 Å². The van der Waals surface area contributed by atoms with Crippen LogP contribution in [0.5, 0.6) is 0 Å². The molecular formula is C16H18O2. The maximum atomic E-state index is 11.4. The van der Waals surface area contributed by atoms with E-state index < -0.39 is 11.4 Å². The lowest BCUT2D eigenvalue weighted by Gasteiger charge is -2.26. The van der Waals surface area contributed by atoms with Gasteiger partial charge in [-0.25, -0.2) is 0 Å². The molecule has 0 aromatic heterocycles. The number of allylic oxidation sites excluding steroid dienone is 2. The molecule has 94 valence electrons. The molecule has 0 unspecified atom stereocenters. The van der Waals surface area contributed by atoms with E-state index in [9.17, 15) is 9.90 Å². The lowest BCUT2D eigenvalue weighted by Crippen LogP contribution is -2.28. The monoisotopic (exact) mass is 242 g/mol. The van der Waals surface area contributed by atoms with E-state index in [-0.39, 0.29) is 5.92 Å². The highest BCUT2D eigenvalue weighted by Crippen LogP contribution is 2.35. The Kier molecular flexibility index (Phi) is 3.66. The maximum absolute atomic E-state index is 11.4. The van der Waals surface area contributed by atoms with Crippen LogP contribution >= 0.6 is 0 Å². The quantitative estimate of drug-likeness (QED) is 0.816. The fourth-order valence-electron chi connectivity index (χ4n) is 2.40. The Labute approximate surface area is 108 Å². The summed E-state index contributed by atoms with van der Waals surface area (Å²) in [5.41, 5.74) is 0.389. The van der Waals surface area contributed by atoms with Crippen LogP contribution in [0.2, 0.25) is 0 Å². The minimum Gasteiger partial charge on any atom is -0.480 e. The van der Waals surface area contributed by atoms with E-state index in [2.05, 4.69) is 12.1 Å². The molecule has 0 spiro atoms. The van der Waals surface area contributed by atoms with E-state index in [1.807, 2.05) is 49.4 Å². The van der Waals surface area contributed by atoms with Crippen molar-refractivity contribution in [2.75, 3.05) is 0 Å². The average molecular weight is 242 g/mol. The molecular weight excluding hydrogens is 224 g/mol. The molecule has 1 N–H and O–H groups in total. The normalized spacial score (nSPS) is 26.2. The first-order chi connectivity index (χ1) is 8.68. The fourth-order valence-corrected chi connectivity index (χ4v) is 2.40. The summed E-state index contributed by atoms with van der Waals surface area (Å²) in [5.74, 6) is -0.570. The second-order valence-electron chi connectivity index (χ2n) is 4.75. The summed E-state index contributed by atoms with van der Waals surface area (Å²) in [6.45, 7) is 2.01. The SMILES string of the molecule is CCCC1(C(=O)O)C=CC(c2ccccc2)C=C1. The second-order valence-corrected chi connectivity index (χ2v) is 4.75. The Hall–Kier alpha value is -1.83. The Morgan fingerprint density at radius 3 is 2.33 bits per heavy atom. The van der Waals surface area contributed by atoms with E-state index in [0.717, 1.165) is 6.42 Å². The highest BCUT2D eigenvalue weighted by atomic mass is 16.4. The number of carbonyl (C=O) groups is 1. The van der Waals surface area contributed by atoms with Crippen LogP contribution in [-0.4, -0.2) is 11.1 Å². The molecule has 1 aromatic rings. The minimum atomic E-state index is -0.806. The molecule has 1 aliphatic carbocycles. The lowest BCUT2D eigenvalue weighted by atomic mass is 9.77. The van der Waals surface area contributed by atoms with Crippen LogP contribution in [-0.2, 0) is 4.79 Å². The number of rotatable bonds is 4. The molecule has 2 nitrogen and oxygen atoms in total. The van der Waals surface area contributed by atoms with Gasteiger partial charge in [0, 0.05) is 5.92 Å². The van der Waals surface area contributed by atoms with Crippen LogP contribution in [0.3, 0.4) is 0 Å². The Balaban J connectivity index is 2.22. The van der Waals surface area contributed by atoms with Crippen molar-refractivity contribution in [3.05, 3.63) is 60.2 Å². The molecule has 0 radical (unpaired) electrons. The summed E-state index contributed by atoms with van der Waals surface area (Å²) in [5, 5.41) is 9.37. The van der Waals surface area contributed by atoms with Crippen LogP contribution in [0.4, 0.5) is 0 Å². The van der Waals surface area contributed by atoms with Gasteiger partial charge in [0.1, 0.15) is 5.41 Å². The van der Waals surface area contributed by atoms with E-state index in [1.165, 1.54) is 5.56 Å². The summed E-state index contributed by atoms with van der Waals surface area (Å²) in [6, 6.07) is 10.1. The van der Waals surface area contributed by atoms with E-state index in [0.29, 0.717) is 6.42 Å². The largest absolute Gasteiger partial charge is 0.480 e. The first-order valence-electron chi connectivity index (χ1n) is 6.35. The van der Waals surface area contributed by atoms with Gasteiger partial charge in [0.05, 0.1) is 0 Å². The number of carboxylic acid groups (broad SMARTS) is 1. The van der Waals surface area contributed by atoms with Crippen molar-refractivity contribution in [1.29, 1.82) is 0 Å². The van der Waals surface area contributed by atoms with Gasteiger partial charge in [-0.1, -0.05) is 68.0 Å². The topological polar surface area (TPSA) is 37.3 Å². The van der Waals surface area contributed by atoms with Crippen molar-refractivity contribution >= 4 is 5.97 Å². The Bertz CT molecular complexity index is 457. The summed E-state index contributed by atoms with van der Waals surface area (Å²) in [7, 11) is 0. The van der Waals surface area contributed by atoms with Gasteiger partial charge >= 0.3 is 5.97 Å². The van der Waals surface area contributed by atoms with Gasteiger partial charge in [-0.3, -0.25) is 4.79 Å². The lowest BCUT2D eigenvalue weighted by molar-refractivity contribution is -0.144. The predicted octanol–water partition coefficient (Wildman–Crippen LogP) is 3.77. The van der Waals surface area contributed by atoms with Crippen LogP contribution in [0.25, 0.3) is 0 Å². The molecule has 0 bridgehead atoms. The Morgan fingerprint density at radius 2 is 1.83 bits per heavy atom. The zero-order chi connectivity index (χ0) is 13.0. The van der Waals surface area contributed by atoms with Crippen molar-refractivity contribution in [2.24, 2.45) is 5.41 Å². The highest BCUT2D eigenvalue weighted by molar-refractivity contribution is 5.80. The van der Waals surface area contributed by atoms with Crippen LogP contribution in [0.15, 0.2) is 54.6 Å². The third-order valence-corrected chi connectivity index (χ3v) is 3.45. The zero-order valence-electron chi connectivity index (χ0n) is 10.5. The van der Waals surface area contributed by atoms with Gasteiger partial charge in [0.25, 0.3) is 0 Å². The van der Waals surface area contributed by atoms with Crippen LogP contribution in [0.1, 0.15) is 31.2 Å². The molecule has 0 heterocycles. The molecule has 0 amide bonds. The summed E-state index contributed by atoms with van der Waals surface area (Å²) in [6.07, 6.45) is 9.19. The van der Waals surface area contributed by atoms with Gasteiger partial charge in [-0.2, -0.15) is 0 Å². The third-order valence-electron chi connectivity index (χ3n) is 3.45. The van der Waals surface area contributed by atoms with Crippen molar-refractivity contribution in [3.8, 4) is 0 Å². The van der Waals surface area contributed by atoms with E-state index in [4.69, 9.17) is 0 Å². The maximum Gasteiger partial charge on any atom is 0.317 e. The number of carboxylic acids is 1. The van der Waals surface area contributed by atoms with Gasteiger partial charge in [0.2, 0.25) is 0 Å². The van der Waals surface area contributed by atoms with Crippen molar-refractivity contribution in [3.63, 3.8) is 0 Å². The standard InChI is InChI=1S/C16H18O2/c1-2-10-16(15(17)18)11-8-14(9-12-16)13-6-4-3-5-7-13/h3-9,11-12,14H,2,10H2,1H3,(H,17,18). The smallest absolute Gasteiger partial charge is 0.317 e.